The predicted molar refractivity (Wildman–Crippen MR) is 104 cm³/mol. The molecule has 1 rings (SSSR count). The van der Waals surface area contributed by atoms with Gasteiger partial charge in [0.05, 0.1) is 0 Å². The molecular weight excluding hydrogens is 306 g/mol. The molecule has 0 aliphatic heterocycles. The third kappa shape index (κ3) is 10.4. The van der Waals surface area contributed by atoms with Crippen molar-refractivity contribution < 1.29 is 9.90 Å². The number of carboxylic acids is 1. The van der Waals surface area contributed by atoms with Crippen LogP contribution in [0.4, 0.5) is 5.69 Å². The van der Waals surface area contributed by atoms with Gasteiger partial charge in [-0.15, -0.1) is 0 Å². The maximum Gasteiger partial charge on any atom is 0.303 e. The summed E-state index contributed by atoms with van der Waals surface area (Å²) in [6.45, 7) is 9.85. The first kappa shape index (κ1) is 21.1. The smallest absolute Gasteiger partial charge is 0.303 e. The van der Waals surface area contributed by atoms with Crippen LogP contribution >= 0.6 is 12.6 Å². The zero-order valence-corrected chi connectivity index (χ0v) is 15.0. The number of anilines is 1. The third-order valence-corrected chi connectivity index (χ3v) is 3.10. The number of allylic oxidation sites excluding steroid dienone is 4. The zero-order chi connectivity index (χ0) is 17.8. The Hall–Kier alpha value is -1.94. The molecule has 1 unspecified atom stereocenters. The number of nitrogens with two attached hydrogens (primary N) is 1. The first-order chi connectivity index (χ1) is 10.8. The van der Waals surface area contributed by atoms with E-state index in [4.69, 9.17) is 10.8 Å². The van der Waals surface area contributed by atoms with Crippen molar-refractivity contribution in [2.24, 2.45) is 0 Å². The fourth-order valence-electron chi connectivity index (χ4n) is 1.70. The molecule has 4 heteroatoms. The molecule has 1 aromatic carbocycles. The lowest BCUT2D eigenvalue weighted by Crippen LogP contribution is -1.98. The summed E-state index contributed by atoms with van der Waals surface area (Å²) in [6, 6.07) is 5.67. The molecule has 1 aromatic rings. The number of hydrogen-bond donors (Lipinski definition) is 3. The summed E-state index contributed by atoms with van der Waals surface area (Å²) in [5, 5.41) is 8.93. The second kappa shape index (κ2) is 11.6. The number of nitrogen functional groups attached to an aromatic ring is 1. The number of aliphatic carboxylic acids is 1. The molecule has 3 nitrogen and oxygen atoms in total. The number of hydrogen-bond acceptors (Lipinski definition) is 3. The van der Waals surface area contributed by atoms with Gasteiger partial charge < -0.3 is 10.8 Å². The fraction of sp³-hybridized carbons (Fsp3) is 0.316. The Morgan fingerprint density at radius 3 is 2.57 bits per heavy atom. The number of benzene rings is 1. The van der Waals surface area contributed by atoms with Crippen molar-refractivity contribution in [3.8, 4) is 0 Å². The highest BCUT2D eigenvalue weighted by molar-refractivity contribution is 7.81. The van der Waals surface area contributed by atoms with Crippen LogP contribution in [-0.2, 0) is 4.79 Å². The van der Waals surface area contributed by atoms with Gasteiger partial charge in [-0.1, -0.05) is 42.5 Å². The molecule has 0 heterocycles. The Bertz CT molecular complexity index is 575. The minimum atomic E-state index is -0.817. The monoisotopic (exact) mass is 333 g/mol. The highest BCUT2D eigenvalue weighted by Gasteiger charge is 2.06. The zero-order valence-electron chi connectivity index (χ0n) is 14.1. The van der Waals surface area contributed by atoms with Crippen molar-refractivity contribution in [2.45, 2.75) is 38.9 Å². The van der Waals surface area contributed by atoms with Crippen molar-refractivity contribution in [3.05, 3.63) is 60.2 Å². The Kier molecular flexibility index (Phi) is 10.6. The van der Waals surface area contributed by atoms with E-state index in [0.717, 1.165) is 16.7 Å². The topological polar surface area (TPSA) is 63.3 Å². The molecule has 23 heavy (non-hydrogen) atoms. The van der Waals surface area contributed by atoms with E-state index >= 15 is 0 Å². The first-order valence-corrected chi connectivity index (χ1v) is 8.03. The van der Waals surface area contributed by atoms with E-state index < -0.39 is 5.97 Å². The Morgan fingerprint density at radius 1 is 1.39 bits per heavy atom. The molecule has 1 atom stereocenters. The van der Waals surface area contributed by atoms with E-state index in [1.807, 2.05) is 63.3 Å². The predicted octanol–water partition coefficient (Wildman–Crippen LogP) is 4.89. The van der Waals surface area contributed by atoms with Crippen molar-refractivity contribution in [1.82, 2.24) is 0 Å². The molecule has 3 N–H and O–H groups in total. The van der Waals surface area contributed by atoms with E-state index in [-0.39, 0.29) is 6.42 Å². The highest BCUT2D eigenvalue weighted by Crippen LogP contribution is 2.24. The molecule has 0 spiro atoms. The normalized spacial score (nSPS) is 12.0. The molecular formula is C19H27NO2S. The summed E-state index contributed by atoms with van der Waals surface area (Å²) >= 11 is 4.15. The second-order valence-corrected chi connectivity index (χ2v) is 6.05. The van der Waals surface area contributed by atoms with Gasteiger partial charge in [-0.3, -0.25) is 4.79 Å². The minimum absolute atomic E-state index is 0.0895. The third-order valence-electron chi connectivity index (χ3n) is 2.92. The average Bonchev–Trinajstić information content (AvgIpc) is 2.48. The fourth-order valence-corrected chi connectivity index (χ4v) is 1.80. The van der Waals surface area contributed by atoms with Crippen molar-refractivity contribution in [1.29, 1.82) is 0 Å². The summed E-state index contributed by atoms with van der Waals surface area (Å²) in [5.74, 6) is -0.817. The van der Waals surface area contributed by atoms with Crippen molar-refractivity contribution in [3.63, 3.8) is 0 Å². The number of thiol groups is 1. The highest BCUT2D eigenvalue weighted by atomic mass is 32.1. The standard InChI is InChI=1S/C12H15NO2.C7H12S/c1-8-3-5-11(13)10(7-8)9(2)4-6-12(14)15;1-3-4-5-6-7(2)8/h3,5,7H,2,4,6,13H2,1H3,(H,14,15);3-8H,1-2H3/b;4-3-,6-5-. The van der Waals surface area contributed by atoms with Crippen LogP contribution in [0.3, 0.4) is 0 Å². The minimum Gasteiger partial charge on any atom is -0.481 e. The largest absolute Gasteiger partial charge is 0.481 e. The SMILES string of the molecule is C/C=C\C=C/C(C)S.C=C(CCC(=O)O)c1cc(C)ccc1N. The Balaban J connectivity index is 0.000000515. The van der Waals surface area contributed by atoms with Crippen LogP contribution in [-0.4, -0.2) is 16.3 Å². The summed E-state index contributed by atoms with van der Waals surface area (Å²) in [6.07, 6.45) is 8.54. The molecule has 126 valence electrons. The van der Waals surface area contributed by atoms with Crippen molar-refractivity contribution in [2.75, 3.05) is 5.73 Å². The molecule has 0 aliphatic rings. The average molecular weight is 333 g/mol. The number of aryl methyl sites for hydroxylation is 1. The summed E-state index contributed by atoms with van der Waals surface area (Å²) in [7, 11) is 0. The Labute approximate surface area is 145 Å². The molecule has 0 saturated heterocycles. The summed E-state index contributed by atoms with van der Waals surface area (Å²) in [4.78, 5) is 10.4. The quantitative estimate of drug-likeness (QED) is 0.394. The molecule has 0 radical (unpaired) electrons. The van der Waals surface area contributed by atoms with Gasteiger partial charge in [0.15, 0.2) is 0 Å². The maximum atomic E-state index is 10.4. The Morgan fingerprint density at radius 2 is 2.04 bits per heavy atom. The lowest BCUT2D eigenvalue weighted by Gasteiger charge is -2.08. The van der Waals surface area contributed by atoms with E-state index in [0.29, 0.717) is 17.4 Å². The van der Waals surface area contributed by atoms with Crippen LogP contribution in [0, 0.1) is 6.92 Å². The van der Waals surface area contributed by atoms with E-state index in [9.17, 15) is 4.79 Å². The van der Waals surface area contributed by atoms with Crippen LogP contribution < -0.4 is 5.73 Å². The van der Waals surface area contributed by atoms with Crippen LogP contribution in [0.15, 0.2) is 49.1 Å². The summed E-state index contributed by atoms with van der Waals surface area (Å²) < 4.78 is 0. The maximum absolute atomic E-state index is 10.4. The van der Waals surface area contributed by atoms with Gasteiger partial charge in [0.1, 0.15) is 0 Å². The number of carbonyl (C=O) groups is 1. The van der Waals surface area contributed by atoms with Gasteiger partial charge in [0, 0.05) is 22.9 Å². The molecule has 0 saturated carbocycles. The lowest BCUT2D eigenvalue weighted by molar-refractivity contribution is -0.136. The van der Waals surface area contributed by atoms with E-state index in [2.05, 4.69) is 19.2 Å². The number of carboxylic acid groups (broad SMARTS) is 1. The van der Waals surface area contributed by atoms with Crippen LogP contribution in [0.1, 0.15) is 37.8 Å². The van der Waals surface area contributed by atoms with Gasteiger partial charge in [0.25, 0.3) is 0 Å². The van der Waals surface area contributed by atoms with Gasteiger partial charge in [0.2, 0.25) is 0 Å². The number of rotatable bonds is 6. The van der Waals surface area contributed by atoms with E-state index in [1.54, 1.807) is 0 Å². The van der Waals surface area contributed by atoms with Crippen LogP contribution in [0.5, 0.6) is 0 Å². The van der Waals surface area contributed by atoms with Crippen molar-refractivity contribution >= 4 is 29.9 Å². The first-order valence-electron chi connectivity index (χ1n) is 7.51. The van der Waals surface area contributed by atoms with Crippen LogP contribution in [0.2, 0.25) is 0 Å². The molecule has 0 amide bonds. The van der Waals surface area contributed by atoms with Crippen LogP contribution in [0.25, 0.3) is 5.57 Å². The molecule has 0 fully saturated rings. The van der Waals surface area contributed by atoms with Gasteiger partial charge >= 0.3 is 5.97 Å². The summed E-state index contributed by atoms with van der Waals surface area (Å²) in [5.41, 5.74) is 9.16. The molecule has 0 bridgehead atoms. The van der Waals surface area contributed by atoms with E-state index in [1.165, 1.54) is 0 Å². The van der Waals surface area contributed by atoms with Gasteiger partial charge in [-0.25, -0.2) is 0 Å². The lowest BCUT2D eigenvalue weighted by atomic mass is 9.99. The molecule has 0 aromatic heterocycles. The van der Waals surface area contributed by atoms with Gasteiger partial charge in [-0.05, 0) is 44.9 Å². The molecule has 0 aliphatic carbocycles. The second-order valence-electron chi connectivity index (χ2n) is 5.24. The van der Waals surface area contributed by atoms with Gasteiger partial charge in [-0.2, -0.15) is 12.6 Å².